The van der Waals surface area contributed by atoms with Gasteiger partial charge >= 0.3 is 0 Å². The maximum Gasteiger partial charge on any atom is 0.0234 e. The first-order chi connectivity index (χ1) is 17.9. The third-order valence-corrected chi connectivity index (χ3v) is 7.07. The third kappa shape index (κ3) is 51.6. The Labute approximate surface area is 415 Å². The van der Waals surface area contributed by atoms with Gasteiger partial charge in [-0.25, -0.2) is 0 Å². The van der Waals surface area contributed by atoms with Gasteiger partial charge in [0.15, 0.2) is 0 Å². The predicted molar refractivity (Wildman–Crippen MR) is 269 cm³/mol. The Bertz CT molecular complexity index is 604. The van der Waals surface area contributed by atoms with Crippen LogP contribution < -0.4 is 31.9 Å². The van der Waals surface area contributed by atoms with Gasteiger partial charge in [0.05, 0.1) is 0 Å². The molecule has 24 heteroatoms. The Balaban J connectivity index is -0.0000000752. The molecule has 2 heterocycles. The number of hydrogen-bond donors (Lipinski definition) is 6. The highest BCUT2D eigenvalue weighted by Gasteiger charge is 2.09. The Morgan fingerprint density at radius 3 is 0.788 bits per heavy atom. The summed E-state index contributed by atoms with van der Waals surface area (Å²) in [7, 11) is 0. The molecule has 0 spiro atoms. The molecule has 0 radical (unpaired) electrons. The number of rotatable bonds is 4. The topological polar surface area (TPSA) is 78.7 Å². The Hall–Kier alpha value is 3.54. The highest BCUT2D eigenvalue weighted by atomic mass is 35.5. The summed E-state index contributed by atoms with van der Waals surface area (Å²) in [6.07, 6.45) is 4.80. The minimum Gasteiger partial charge on any atom is -0.315 e. The minimum atomic E-state index is 0. The van der Waals surface area contributed by atoms with Gasteiger partial charge < -0.3 is 31.9 Å². The number of nitrogens with one attached hydrogen (secondary N) is 6. The van der Waals surface area contributed by atoms with E-state index in [4.69, 9.17) is 0 Å². The fourth-order valence-electron chi connectivity index (χ4n) is 4.92. The quantitative estimate of drug-likeness (QED) is 0.190. The summed E-state index contributed by atoms with van der Waals surface area (Å²) < 4.78 is 0. The van der Waals surface area contributed by atoms with Gasteiger partial charge in [-0.1, -0.05) is 24.3 Å². The summed E-state index contributed by atoms with van der Waals surface area (Å²) in [5.41, 5.74) is 2.86. The molecule has 6 N–H and O–H groups in total. The molecule has 2 aliphatic heterocycles. The zero-order valence-corrected chi connectivity index (χ0v) is 42.4. The molecule has 0 amide bonds. The highest BCUT2D eigenvalue weighted by Crippen LogP contribution is 2.11. The molecule has 0 saturated carbocycles. The van der Waals surface area contributed by atoms with E-state index in [9.17, 15) is 0 Å². The van der Waals surface area contributed by atoms with Crippen molar-refractivity contribution in [1.29, 1.82) is 0 Å². The van der Waals surface area contributed by atoms with Gasteiger partial charge in [0.2, 0.25) is 0 Å². The summed E-state index contributed by atoms with van der Waals surface area (Å²) in [5.74, 6) is 0. The van der Waals surface area contributed by atoms with E-state index >= 15 is 0 Å². The van der Waals surface area contributed by atoms with E-state index in [1.54, 1.807) is 0 Å². The number of hydrogen-bond acceptors (Lipinski definition) is 8. The van der Waals surface area contributed by atoms with E-state index in [1.165, 1.54) is 36.8 Å². The highest BCUT2D eigenvalue weighted by molar-refractivity contribution is 5.87. The molecule has 3 rings (SSSR count). The summed E-state index contributed by atoms with van der Waals surface area (Å²) in [4.78, 5) is 5.23. The Morgan fingerprint density at radius 1 is 0.288 bits per heavy atom. The SMILES string of the molecule is Cl.Cl.Cl.Cl.Cl.Cl.Cl.Cl.Cl.Cl.Cl.Cl.Cl.Cl.Cl.Cl.c1cc(CN2CCCNCCNCCCNCC2)ccc1CN1CCCNCCNCCCNCC1. The van der Waals surface area contributed by atoms with Crippen molar-refractivity contribution in [3.05, 3.63) is 35.4 Å². The molecule has 2 aliphatic rings. The molecule has 0 aromatic heterocycles. The molecular weight excluding hydrogens is 1020 g/mol. The number of nitrogens with zero attached hydrogens (tertiary/aromatic N) is 2. The van der Waals surface area contributed by atoms with Crippen molar-refractivity contribution in [3.63, 3.8) is 0 Å². The molecule has 1 aromatic carbocycles. The van der Waals surface area contributed by atoms with E-state index in [1.807, 2.05) is 0 Å². The zero-order chi connectivity index (χ0) is 24.9. The average molecular weight is 1090 g/mol. The molecule has 1 aromatic rings. The second kappa shape index (κ2) is 69.2. The molecule has 2 saturated heterocycles. The molecule has 0 unspecified atom stereocenters. The first kappa shape index (κ1) is 95.7. The lowest BCUT2D eigenvalue weighted by Crippen LogP contribution is -2.36. The van der Waals surface area contributed by atoms with Crippen molar-refractivity contribution >= 4 is 199 Å². The lowest BCUT2D eigenvalue weighted by Gasteiger charge is -2.24. The van der Waals surface area contributed by atoms with Crippen LogP contribution in [0, 0.1) is 0 Å². The van der Waals surface area contributed by atoms with E-state index in [0.717, 1.165) is 118 Å². The van der Waals surface area contributed by atoms with E-state index in [0.29, 0.717) is 0 Å². The summed E-state index contributed by atoms with van der Waals surface area (Å²) >= 11 is 0. The van der Waals surface area contributed by atoms with Crippen LogP contribution in [0.5, 0.6) is 0 Å². The van der Waals surface area contributed by atoms with Crippen LogP contribution in [0.3, 0.4) is 0 Å². The van der Waals surface area contributed by atoms with E-state index in [2.05, 4.69) is 66.0 Å². The fraction of sp³-hybridized carbons (Fsp3) is 0.786. The Morgan fingerprint density at radius 2 is 0.519 bits per heavy atom. The number of benzene rings is 1. The second-order valence-corrected chi connectivity index (χ2v) is 10.3. The maximum absolute atomic E-state index is 3.63. The monoisotopic (exact) mass is 1080 g/mol. The normalized spacial score (nSPS) is 15.8. The first-order valence-corrected chi connectivity index (χ1v) is 14.7. The van der Waals surface area contributed by atoms with Crippen molar-refractivity contribution < 1.29 is 0 Å². The zero-order valence-electron chi connectivity index (χ0n) is 29.3. The molecule has 0 atom stereocenters. The van der Waals surface area contributed by atoms with Gasteiger partial charge in [-0.15, -0.1) is 199 Å². The summed E-state index contributed by atoms with van der Waals surface area (Å²) in [6.45, 7) is 19.6. The average Bonchev–Trinajstić information content (AvgIpc) is 2.89. The van der Waals surface area contributed by atoms with Crippen LogP contribution in [-0.2, 0) is 13.1 Å². The first-order valence-electron chi connectivity index (χ1n) is 14.7. The maximum atomic E-state index is 3.63. The smallest absolute Gasteiger partial charge is 0.0234 e. The lowest BCUT2D eigenvalue weighted by atomic mass is 10.1. The van der Waals surface area contributed by atoms with E-state index < -0.39 is 0 Å². The van der Waals surface area contributed by atoms with Crippen LogP contribution >= 0.6 is 199 Å². The van der Waals surface area contributed by atoms with E-state index in [-0.39, 0.29) is 199 Å². The lowest BCUT2D eigenvalue weighted by molar-refractivity contribution is 0.258. The number of halogens is 16. The predicted octanol–water partition coefficient (Wildman–Crippen LogP) is 7.16. The van der Waals surface area contributed by atoms with Crippen molar-refractivity contribution in [2.75, 3.05) is 105 Å². The van der Waals surface area contributed by atoms with Gasteiger partial charge in [0.1, 0.15) is 0 Å². The largest absolute Gasteiger partial charge is 0.315 e. The van der Waals surface area contributed by atoms with Crippen molar-refractivity contribution in [2.24, 2.45) is 0 Å². The van der Waals surface area contributed by atoms with Crippen molar-refractivity contribution in [2.45, 2.75) is 38.8 Å². The van der Waals surface area contributed by atoms with Gasteiger partial charge in [-0.3, -0.25) is 9.80 Å². The molecular formula is C28H70Cl16N8. The molecule has 8 nitrogen and oxygen atoms in total. The van der Waals surface area contributed by atoms with Gasteiger partial charge in [-0.2, -0.15) is 0 Å². The van der Waals surface area contributed by atoms with Crippen molar-refractivity contribution in [3.8, 4) is 0 Å². The van der Waals surface area contributed by atoms with Gasteiger partial charge in [0, 0.05) is 65.4 Å². The van der Waals surface area contributed by atoms with Crippen LogP contribution in [0.15, 0.2) is 24.3 Å². The molecule has 334 valence electrons. The van der Waals surface area contributed by atoms with Crippen molar-refractivity contribution in [1.82, 2.24) is 41.7 Å². The molecule has 2 fully saturated rings. The molecule has 0 bridgehead atoms. The van der Waals surface area contributed by atoms with Crippen LogP contribution in [0.2, 0.25) is 0 Å². The van der Waals surface area contributed by atoms with Crippen LogP contribution in [0.1, 0.15) is 36.8 Å². The summed E-state index contributed by atoms with van der Waals surface area (Å²) in [6, 6.07) is 9.42. The van der Waals surface area contributed by atoms with Crippen LogP contribution in [-0.4, -0.2) is 115 Å². The second-order valence-electron chi connectivity index (χ2n) is 10.3. The third-order valence-electron chi connectivity index (χ3n) is 7.07. The van der Waals surface area contributed by atoms with Gasteiger partial charge in [-0.05, 0) is 89.2 Å². The molecule has 0 aliphatic carbocycles. The summed E-state index contributed by atoms with van der Waals surface area (Å²) in [5, 5.41) is 21.4. The Kier molecular flexibility index (Phi) is 127. The van der Waals surface area contributed by atoms with Crippen LogP contribution in [0.4, 0.5) is 0 Å². The fourth-order valence-corrected chi connectivity index (χ4v) is 4.92. The molecule has 52 heavy (non-hydrogen) atoms. The van der Waals surface area contributed by atoms with Crippen LogP contribution in [0.25, 0.3) is 0 Å². The minimum absolute atomic E-state index is 0. The standard InChI is InChI=1S/C28H54N8.16ClH/c1-9-29-15-17-31-13-3-21-35(23-19-33-11-1)25-27-5-7-28(8-6-27)26-36-22-4-14-32-18-16-30-10-2-12-34-20-24-36;;;;;;;;;;;;;;;;/h5-8,29-34H,1-4,9-26H2;16*1H. The van der Waals surface area contributed by atoms with Gasteiger partial charge in [0.25, 0.3) is 0 Å².